The molecular formula is C29H37N3O5. The van der Waals surface area contributed by atoms with Gasteiger partial charge >= 0.3 is 5.97 Å². The van der Waals surface area contributed by atoms with Gasteiger partial charge in [0.15, 0.2) is 5.76 Å². The Kier molecular flexibility index (Phi) is 8.69. The lowest BCUT2D eigenvalue weighted by molar-refractivity contribution is -0.146. The predicted octanol–water partition coefficient (Wildman–Crippen LogP) is 3.61. The zero-order valence-electron chi connectivity index (χ0n) is 21.9. The largest absolute Gasteiger partial charge is 0.462 e. The average Bonchev–Trinajstić information content (AvgIpc) is 2.93. The van der Waals surface area contributed by atoms with Crippen molar-refractivity contribution in [2.45, 2.75) is 52.1 Å². The summed E-state index contributed by atoms with van der Waals surface area (Å²) in [5, 5.41) is 0. The molecule has 8 nitrogen and oxygen atoms in total. The summed E-state index contributed by atoms with van der Waals surface area (Å²) in [6.07, 6.45) is 7.05. The van der Waals surface area contributed by atoms with E-state index in [0.717, 1.165) is 36.9 Å². The standard InChI is InChI=1S/C29H37N3O5/c1-4-19-37-21(3)27(33)31-17-15-30(16-18-31)26-23-13-9-10-14-24(23)32(20-22-11-7-6-8-12-22)28(34)25(26)29(35)36-5-2/h4,6-8,11-12,19,23-24H,3,5,9-10,13-18,20H2,1-2H3/b19-4-. The van der Waals surface area contributed by atoms with Crippen LogP contribution in [0, 0.1) is 5.92 Å². The Labute approximate surface area is 219 Å². The van der Waals surface area contributed by atoms with Gasteiger partial charge in [0.05, 0.1) is 12.9 Å². The third-order valence-electron chi connectivity index (χ3n) is 7.38. The van der Waals surface area contributed by atoms with E-state index in [-0.39, 0.29) is 41.7 Å². The van der Waals surface area contributed by atoms with E-state index in [2.05, 4.69) is 11.5 Å². The number of piperazine rings is 1. The molecule has 1 aromatic rings. The third kappa shape index (κ3) is 5.73. The Morgan fingerprint density at radius 2 is 1.78 bits per heavy atom. The number of fused-ring (bicyclic) bond motifs is 1. The third-order valence-corrected chi connectivity index (χ3v) is 7.38. The number of allylic oxidation sites excluding steroid dienone is 1. The molecule has 0 spiro atoms. The van der Waals surface area contributed by atoms with Crippen LogP contribution in [0.3, 0.4) is 0 Å². The minimum Gasteiger partial charge on any atom is -0.462 e. The Bertz CT molecular complexity index is 1070. The number of ether oxygens (including phenoxy) is 2. The van der Waals surface area contributed by atoms with Crippen molar-refractivity contribution in [2.24, 2.45) is 5.92 Å². The van der Waals surface area contributed by atoms with Gasteiger partial charge in [-0.3, -0.25) is 9.59 Å². The molecule has 2 unspecified atom stereocenters. The second-order valence-corrected chi connectivity index (χ2v) is 9.65. The van der Waals surface area contributed by atoms with Gasteiger partial charge in [0.25, 0.3) is 11.8 Å². The molecule has 0 radical (unpaired) electrons. The summed E-state index contributed by atoms with van der Waals surface area (Å²) in [6, 6.07) is 9.95. The van der Waals surface area contributed by atoms with Gasteiger partial charge in [0, 0.05) is 50.4 Å². The zero-order valence-corrected chi connectivity index (χ0v) is 21.9. The number of amides is 2. The Hall–Kier alpha value is -3.55. The van der Waals surface area contributed by atoms with Gasteiger partial charge in [-0.05, 0) is 32.3 Å². The van der Waals surface area contributed by atoms with Crippen molar-refractivity contribution in [3.8, 4) is 0 Å². The molecule has 3 aliphatic rings. The highest BCUT2D eigenvalue weighted by molar-refractivity contribution is 6.17. The number of carbonyl (C=O) groups is 3. The molecule has 0 aromatic heterocycles. The smallest absolute Gasteiger partial charge is 0.345 e. The van der Waals surface area contributed by atoms with E-state index >= 15 is 0 Å². The molecule has 8 heteroatoms. The van der Waals surface area contributed by atoms with Crippen molar-refractivity contribution in [3.05, 3.63) is 71.8 Å². The summed E-state index contributed by atoms with van der Waals surface area (Å²) in [7, 11) is 0. The van der Waals surface area contributed by atoms with Crippen LogP contribution in [0.15, 0.2) is 66.3 Å². The van der Waals surface area contributed by atoms with Crippen LogP contribution in [0.25, 0.3) is 0 Å². The lowest BCUT2D eigenvalue weighted by Crippen LogP contribution is -2.57. The fourth-order valence-electron chi connectivity index (χ4n) is 5.68. The second-order valence-electron chi connectivity index (χ2n) is 9.65. The topological polar surface area (TPSA) is 79.4 Å². The van der Waals surface area contributed by atoms with Crippen LogP contribution in [0.5, 0.6) is 0 Å². The van der Waals surface area contributed by atoms with Crippen LogP contribution in [0.2, 0.25) is 0 Å². The highest BCUT2D eigenvalue weighted by Crippen LogP contribution is 2.42. The molecule has 0 bridgehead atoms. The number of hydrogen-bond acceptors (Lipinski definition) is 6. The van der Waals surface area contributed by atoms with Crippen LogP contribution >= 0.6 is 0 Å². The van der Waals surface area contributed by atoms with Crippen molar-refractivity contribution in [1.29, 1.82) is 0 Å². The Morgan fingerprint density at radius 1 is 1.08 bits per heavy atom. The summed E-state index contributed by atoms with van der Waals surface area (Å²) in [6.45, 7) is 9.92. The van der Waals surface area contributed by atoms with E-state index in [0.29, 0.717) is 32.7 Å². The molecule has 1 saturated carbocycles. The summed E-state index contributed by atoms with van der Waals surface area (Å²) in [5.41, 5.74) is 1.99. The molecule has 2 amide bonds. The normalized spacial score (nSPS) is 22.2. The van der Waals surface area contributed by atoms with Crippen molar-refractivity contribution < 1.29 is 23.9 Å². The summed E-state index contributed by atoms with van der Waals surface area (Å²) in [5.74, 6) is -0.926. The molecule has 198 valence electrons. The van der Waals surface area contributed by atoms with Gasteiger partial charge in [0.2, 0.25) is 0 Å². The second kappa shape index (κ2) is 12.1. The molecule has 1 aromatic carbocycles. The monoisotopic (exact) mass is 507 g/mol. The van der Waals surface area contributed by atoms with Gasteiger partial charge in [-0.1, -0.05) is 55.8 Å². The molecule has 0 N–H and O–H groups in total. The van der Waals surface area contributed by atoms with E-state index in [1.54, 1.807) is 24.8 Å². The first kappa shape index (κ1) is 26.5. The molecule has 2 fully saturated rings. The lowest BCUT2D eigenvalue weighted by Gasteiger charge is -2.49. The SMILES string of the molecule is C=C(O/C=C\C)C(=O)N1CCN(C2=C(C(=O)OCC)C(=O)N(Cc3ccccc3)C3CCCCC23)CC1. The van der Waals surface area contributed by atoms with Crippen LogP contribution in [-0.2, 0) is 30.4 Å². The predicted molar refractivity (Wildman–Crippen MR) is 140 cm³/mol. The molecule has 4 rings (SSSR count). The van der Waals surface area contributed by atoms with Crippen LogP contribution in [0.4, 0.5) is 0 Å². The molecule has 2 heterocycles. The van der Waals surface area contributed by atoms with Gasteiger partial charge < -0.3 is 24.2 Å². The first-order chi connectivity index (χ1) is 18.0. The molecule has 37 heavy (non-hydrogen) atoms. The van der Waals surface area contributed by atoms with Crippen molar-refractivity contribution in [3.63, 3.8) is 0 Å². The van der Waals surface area contributed by atoms with E-state index < -0.39 is 5.97 Å². The van der Waals surface area contributed by atoms with Crippen LogP contribution < -0.4 is 0 Å². The van der Waals surface area contributed by atoms with Gasteiger partial charge in [0.1, 0.15) is 5.57 Å². The maximum absolute atomic E-state index is 14.0. The van der Waals surface area contributed by atoms with Crippen LogP contribution in [-0.4, -0.2) is 71.3 Å². The highest BCUT2D eigenvalue weighted by atomic mass is 16.5. The summed E-state index contributed by atoms with van der Waals surface area (Å²) >= 11 is 0. The number of carbonyl (C=O) groups excluding carboxylic acids is 3. The number of hydrogen-bond donors (Lipinski definition) is 0. The molecular weight excluding hydrogens is 470 g/mol. The first-order valence-electron chi connectivity index (χ1n) is 13.2. The average molecular weight is 508 g/mol. The highest BCUT2D eigenvalue weighted by Gasteiger charge is 2.47. The fourth-order valence-corrected chi connectivity index (χ4v) is 5.68. The fraction of sp³-hybridized carbons (Fsp3) is 0.483. The van der Waals surface area contributed by atoms with Crippen molar-refractivity contribution >= 4 is 17.8 Å². The number of nitrogens with zero attached hydrogens (tertiary/aromatic N) is 3. The maximum atomic E-state index is 14.0. The lowest BCUT2D eigenvalue weighted by atomic mass is 9.76. The minimum atomic E-state index is -0.559. The number of esters is 1. The Morgan fingerprint density at radius 3 is 2.46 bits per heavy atom. The maximum Gasteiger partial charge on any atom is 0.345 e. The van der Waals surface area contributed by atoms with Crippen molar-refractivity contribution in [2.75, 3.05) is 32.8 Å². The van der Waals surface area contributed by atoms with E-state index in [4.69, 9.17) is 9.47 Å². The van der Waals surface area contributed by atoms with Crippen LogP contribution in [0.1, 0.15) is 45.1 Å². The van der Waals surface area contributed by atoms with Gasteiger partial charge in [-0.25, -0.2) is 4.79 Å². The quantitative estimate of drug-likeness (QED) is 0.232. The zero-order chi connectivity index (χ0) is 26.4. The van der Waals surface area contributed by atoms with Gasteiger partial charge in [-0.2, -0.15) is 0 Å². The summed E-state index contributed by atoms with van der Waals surface area (Å²) in [4.78, 5) is 45.7. The van der Waals surface area contributed by atoms with E-state index in [9.17, 15) is 14.4 Å². The molecule has 1 aliphatic carbocycles. The van der Waals surface area contributed by atoms with Gasteiger partial charge in [-0.15, -0.1) is 0 Å². The van der Waals surface area contributed by atoms with E-state index in [1.807, 2.05) is 35.2 Å². The first-order valence-corrected chi connectivity index (χ1v) is 13.2. The van der Waals surface area contributed by atoms with E-state index in [1.165, 1.54) is 6.26 Å². The molecule has 2 aliphatic heterocycles. The minimum absolute atomic E-state index is 0.0308. The van der Waals surface area contributed by atoms with Crippen molar-refractivity contribution in [1.82, 2.24) is 14.7 Å². The molecule has 1 saturated heterocycles. The number of benzene rings is 1. The molecule has 2 atom stereocenters. The summed E-state index contributed by atoms with van der Waals surface area (Å²) < 4.78 is 10.7. The number of rotatable bonds is 8. The Balaban J connectivity index is 1.62.